The van der Waals surface area contributed by atoms with Crippen molar-refractivity contribution in [3.8, 4) is 17.0 Å². The highest BCUT2D eigenvalue weighted by atomic mass is 79.9. The van der Waals surface area contributed by atoms with Gasteiger partial charge in [-0.2, -0.15) is 0 Å². The van der Waals surface area contributed by atoms with Gasteiger partial charge in [-0.3, -0.25) is 4.90 Å². The minimum Gasteiger partial charge on any atom is -0.496 e. The molecule has 0 saturated carbocycles. The van der Waals surface area contributed by atoms with Crippen molar-refractivity contribution in [3.63, 3.8) is 0 Å². The molecule has 0 spiro atoms. The quantitative estimate of drug-likeness (QED) is 0.350. The smallest absolute Gasteiger partial charge is 0.128 e. The van der Waals surface area contributed by atoms with Crippen LogP contribution < -0.4 is 4.74 Å². The molecular formula is C25H23BrN2O. The van der Waals surface area contributed by atoms with Crippen molar-refractivity contribution in [2.75, 3.05) is 20.2 Å². The van der Waals surface area contributed by atoms with Crippen LogP contribution in [-0.2, 0) is 13.0 Å². The Kier molecular flexibility index (Phi) is 4.76. The van der Waals surface area contributed by atoms with Crippen molar-refractivity contribution in [2.24, 2.45) is 0 Å². The summed E-state index contributed by atoms with van der Waals surface area (Å²) in [6, 6.07) is 19.1. The van der Waals surface area contributed by atoms with Gasteiger partial charge in [-0.05, 0) is 59.1 Å². The molecule has 0 amide bonds. The highest BCUT2D eigenvalue weighted by Gasteiger charge is 2.25. The van der Waals surface area contributed by atoms with Gasteiger partial charge in [0.05, 0.1) is 18.3 Å². The van der Waals surface area contributed by atoms with Gasteiger partial charge in [0.15, 0.2) is 0 Å². The second kappa shape index (κ2) is 7.43. The molecule has 0 saturated heterocycles. The first-order valence-corrected chi connectivity index (χ1v) is 10.9. The van der Waals surface area contributed by atoms with Crippen molar-refractivity contribution in [3.05, 3.63) is 70.2 Å². The molecule has 0 atom stereocenters. The summed E-state index contributed by atoms with van der Waals surface area (Å²) in [6.07, 6.45) is 1.04. The molecule has 4 aromatic rings. The fourth-order valence-corrected chi connectivity index (χ4v) is 4.89. The predicted molar refractivity (Wildman–Crippen MR) is 124 cm³/mol. The monoisotopic (exact) mass is 446 g/mol. The molecule has 29 heavy (non-hydrogen) atoms. The van der Waals surface area contributed by atoms with Crippen LogP contribution in [0.4, 0.5) is 0 Å². The standard InChI is InChI=1S/C25H23BrN2O/c1-3-28-13-12-19-21(15-28)25(20-14-17(26)9-11-23(20)29-2)27-22-10-8-16-6-4-5-7-18(16)24(19)22/h4-11,14H,3,12-13,15H2,1-2H3. The summed E-state index contributed by atoms with van der Waals surface area (Å²) in [6.45, 7) is 5.28. The molecule has 146 valence electrons. The van der Waals surface area contributed by atoms with Gasteiger partial charge >= 0.3 is 0 Å². The fraction of sp³-hybridized carbons (Fsp3) is 0.240. The number of aromatic nitrogens is 1. The summed E-state index contributed by atoms with van der Waals surface area (Å²) in [5.41, 5.74) is 5.92. The second-order valence-electron chi connectivity index (χ2n) is 7.56. The molecule has 3 nitrogen and oxygen atoms in total. The summed E-state index contributed by atoms with van der Waals surface area (Å²) in [5.74, 6) is 0.858. The SMILES string of the molecule is CCN1CCc2c(c(-c3cc(Br)ccc3OC)nc3ccc4ccccc4c23)C1. The molecule has 3 aromatic carbocycles. The van der Waals surface area contributed by atoms with Gasteiger partial charge < -0.3 is 4.74 Å². The minimum atomic E-state index is 0.858. The van der Waals surface area contributed by atoms with Gasteiger partial charge in [-0.15, -0.1) is 0 Å². The van der Waals surface area contributed by atoms with Crippen molar-refractivity contribution in [2.45, 2.75) is 19.9 Å². The molecule has 0 aliphatic carbocycles. The van der Waals surface area contributed by atoms with E-state index in [0.717, 1.165) is 53.1 Å². The lowest BCUT2D eigenvalue weighted by atomic mass is 9.89. The Morgan fingerprint density at radius 3 is 2.76 bits per heavy atom. The van der Waals surface area contributed by atoms with Crippen LogP contribution in [0.2, 0.25) is 0 Å². The highest BCUT2D eigenvalue weighted by molar-refractivity contribution is 9.10. The van der Waals surface area contributed by atoms with Crippen molar-refractivity contribution in [1.82, 2.24) is 9.88 Å². The summed E-state index contributed by atoms with van der Waals surface area (Å²) >= 11 is 3.63. The van der Waals surface area contributed by atoms with E-state index in [1.807, 2.05) is 12.1 Å². The van der Waals surface area contributed by atoms with Crippen LogP contribution in [0.5, 0.6) is 5.75 Å². The Labute approximate surface area is 179 Å². The Balaban J connectivity index is 1.88. The van der Waals surface area contributed by atoms with Crippen LogP contribution in [0.15, 0.2) is 59.1 Å². The lowest BCUT2D eigenvalue weighted by Gasteiger charge is -2.30. The van der Waals surface area contributed by atoms with E-state index in [4.69, 9.17) is 9.72 Å². The van der Waals surface area contributed by atoms with E-state index < -0.39 is 0 Å². The number of fused-ring (bicyclic) bond motifs is 5. The molecule has 5 rings (SSSR count). The van der Waals surface area contributed by atoms with E-state index in [9.17, 15) is 0 Å². The maximum Gasteiger partial charge on any atom is 0.128 e. The third kappa shape index (κ3) is 3.11. The van der Waals surface area contributed by atoms with Crippen molar-refractivity contribution >= 4 is 37.6 Å². The van der Waals surface area contributed by atoms with E-state index in [-0.39, 0.29) is 0 Å². The average Bonchev–Trinajstić information content (AvgIpc) is 2.77. The number of rotatable bonds is 3. The number of benzene rings is 3. The van der Waals surface area contributed by atoms with E-state index in [1.54, 1.807) is 7.11 Å². The third-order valence-corrected chi connectivity index (χ3v) is 6.51. The lowest BCUT2D eigenvalue weighted by Crippen LogP contribution is -2.31. The molecule has 0 fully saturated rings. The van der Waals surface area contributed by atoms with Gasteiger partial charge in [0.25, 0.3) is 0 Å². The first-order chi connectivity index (χ1) is 14.2. The maximum absolute atomic E-state index is 5.71. The maximum atomic E-state index is 5.71. The number of likely N-dealkylation sites (N-methyl/N-ethyl adjacent to an activating group) is 1. The number of halogens is 1. The first-order valence-electron chi connectivity index (χ1n) is 10.1. The zero-order chi connectivity index (χ0) is 20.0. The van der Waals surface area contributed by atoms with Crippen LogP contribution in [0.25, 0.3) is 32.9 Å². The summed E-state index contributed by atoms with van der Waals surface area (Å²) in [7, 11) is 1.73. The normalized spacial score (nSPS) is 14.3. The topological polar surface area (TPSA) is 25.4 Å². The van der Waals surface area contributed by atoms with E-state index in [2.05, 4.69) is 70.2 Å². The van der Waals surface area contributed by atoms with Crippen molar-refractivity contribution in [1.29, 1.82) is 0 Å². The van der Waals surface area contributed by atoms with Crippen LogP contribution in [0.3, 0.4) is 0 Å². The number of methoxy groups -OCH3 is 1. The zero-order valence-corrected chi connectivity index (χ0v) is 18.3. The van der Waals surface area contributed by atoms with Gasteiger partial charge in [0.2, 0.25) is 0 Å². The van der Waals surface area contributed by atoms with Crippen LogP contribution in [-0.4, -0.2) is 30.1 Å². The van der Waals surface area contributed by atoms with Crippen LogP contribution in [0.1, 0.15) is 18.1 Å². The molecule has 0 radical (unpaired) electrons. The molecule has 1 aliphatic rings. The first kappa shape index (κ1) is 18.6. The van der Waals surface area contributed by atoms with Crippen LogP contribution in [0, 0.1) is 0 Å². The number of hydrogen-bond donors (Lipinski definition) is 0. The number of pyridine rings is 1. The third-order valence-electron chi connectivity index (χ3n) is 6.01. The molecule has 2 heterocycles. The molecule has 0 unspecified atom stereocenters. The highest BCUT2D eigenvalue weighted by Crippen LogP contribution is 2.40. The number of nitrogens with zero attached hydrogens (tertiary/aromatic N) is 2. The average molecular weight is 447 g/mol. The summed E-state index contributed by atoms with van der Waals surface area (Å²) < 4.78 is 6.74. The number of ether oxygens (including phenoxy) is 1. The fourth-order valence-electron chi connectivity index (χ4n) is 4.53. The van der Waals surface area contributed by atoms with Gasteiger partial charge in [-0.25, -0.2) is 4.98 Å². The van der Waals surface area contributed by atoms with Crippen LogP contribution >= 0.6 is 15.9 Å². The predicted octanol–water partition coefficient (Wildman–Crippen LogP) is 6.20. The molecular weight excluding hydrogens is 424 g/mol. The molecule has 4 heteroatoms. The van der Waals surface area contributed by atoms with E-state index in [1.165, 1.54) is 27.3 Å². The largest absolute Gasteiger partial charge is 0.496 e. The molecule has 0 N–H and O–H groups in total. The van der Waals surface area contributed by atoms with Crippen molar-refractivity contribution < 1.29 is 4.74 Å². The lowest BCUT2D eigenvalue weighted by molar-refractivity contribution is 0.269. The summed E-state index contributed by atoms with van der Waals surface area (Å²) in [5, 5.41) is 3.88. The van der Waals surface area contributed by atoms with E-state index in [0.29, 0.717) is 0 Å². The second-order valence-corrected chi connectivity index (χ2v) is 8.48. The zero-order valence-electron chi connectivity index (χ0n) is 16.7. The van der Waals surface area contributed by atoms with Gasteiger partial charge in [-0.1, -0.05) is 53.2 Å². The van der Waals surface area contributed by atoms with E-state index >= 15 is 0 Å². The number of hydrogen-bond acceptors (Lipinski definition) is 3. The van der Waals surface area contributed by atoms with Gasteiger partial charge in [0, 0.05) is 28.5 Å². The summed E-state index contributed by atoms with van der Waals surface area (Å²) in [4.78, 5) is 7.69. The molecule has 1 aromatic heterocycles. The Hall–Kier alpha value is -2.43. The molecule has 0 bridgehead atoms. The Bertz CT molecular complexity index is 1230. The van der Waals surface area contributed by atoms with Gasteiger partial charge in [0.1, 0.15) is 5.75 Å². The Morgan fingerprint density at radius 1 is 1.07 bits per heavy atom. The minimum absolute atomic E-state index is 0.858. The molecule has 1 aliphatic heterocycles. The Morgan fingerprint density at radius 2 is 1.93 bits per heavy atom.